The van der Waals surface area contributed by atoms with Gasteiger partial charge >= 0.3 is 0 Å². The fourth-order valence-electron chi connectivity index (χ4n) is 2.59. The molecule has 1 unspecified atom stereocenters. The summed E-state index contributed by atoms with van der Waals surface area (Å²) in [6.07, 6.45) is 0. The first-order chi connectivity index (χ1) is 10.1. The van der Waals surface area contributed by atoms with Crippen LogP contribution in [0.25, 0.3) is 0 Å². The maximum absolute atomic E-state index is 5.52. The highest BCUT2D eigenvalue weighted by molar-refractivity contribution is 5.46. The molecule has 1 atom stereocenters. The largest absolute Gasteiger partial charge is 0.497 e. The summed E-state index contributed by atoms with van der Waals surface area (Å²) in [5.74, 6) is 1.59. The highest BCUT2D eigenvalue weighted by atomic mass is 16.5. The smallest absolute Gasteiger partial charge is 0.127 e. The van der Waals surface area contributed by atoms with Crippen LogP contribution in [0.2, 0.25) is 0 Å². The van der Waals surface area contributed by atoms with Gasteiger partial charge in [0.1, 0.15) is 11.5 Å². The summed E-state index contributed by atoms with van der Waals surface area (Å²) in [6.45, 7) is 4.02. The van der Waals surface area contributed by atoms with Gasteiger partial charge in [0.25, 0.3) is 0 Å². The van der Waals surface area contributed by atoms with Crippen LogP contribution in [-0.4, -0.2) is 26.3 Å². The van der Waals surface area contributed by atoms with Crippen molar-refractivity contribution in [3.63, 3.8) is 0 Å². The fraction of sp³-hybridized carbons (Fsp3) is 0.353. The average Bonchev–Trinajstić information content (AvgIpc) is 2.47. The molecule has 0 aliphatic carbocycles. The van der Waals surface area contributed by atoms with Crippen LogP contribution in [0.15, 0.2) is 30.3 Å². The lowest BCUT2D eigenvalue weighted by molar-refractivity contribution is 0.388. The Morgan fingerprint density at radius 1 is 1.00 bits per heavy atom. The number of ether oxygens (including phenoxy) is 2. The number of aryl methyl sites for hydroxylation is 2. The Balaban J connectivity index is 2.50. The van der Waals surface area contributed by atoms with Crippen molar-refractivity contribution in [2.24, 2.45) is 0 Å². The van der Waals surface area contributed by atoms with Crippen molar-refractivity contribution in [2.75, 3.05) is 21.3 Å². The number of hydrogen-bond donors (Lipinski definition) is 1. The number of nitrogens with zero attached hydrogens (tertiary/aromatic N) is 1. The second-order valence-electron chi connectivity index (χ2n) is 5.01. The monoisotopic (exact) mass is 286 g/mol. The van der Waals surface area contributed by atoms with Gasteiger partial charge in [0.05, 0.1) is 20.3 Å². The van der Waals surface area contributed by atoms with E-state index in [1.807, 2.05) is 39.1 Å². The third kappa shape index (κ3) is 3.34. The predicted molar refractivity (Wildman–Crippen MR) is 84.2 cm³/mol. The van der Waals surface area contributed by atoms with Crippen LogP contribution in [0.5, 0.6) is 11.5 Å². The molecule has 112 valence electrons. The van der Waals surface area contributed by atoms with Crippen molar-refractivity contribution >= 4 is 0 Å². The van der Waals surface area contributed by atoms with Crippen molar-refractivity contribution in [1.29, 1.82) is 0 Å². The van der Waals surface area contributed by atoms with Gasteiger partial charge in [-0.15, -0.1) is 0 Å². The molecule has 0 amide bonds. The van der Waals surface area contributed by atoms with E-state index in [4.69, 9.17) is 9.47 Å². The molecule has 0 fully saturated rings. The Hall–Kier alpha value is -2.07. The first-order valence-corrected chi connectivity index (χ1v) is 6.93. The molecule has 0 saturated heterocycles. The van der Waals surface area contributed by atoms with E-state index in [9.17, 15) is 0 Å². The zero-order chi connectivity index (χ0) is 15.4. The molecule has 2 rings (SSSR count). The van der Waals surface area contributed by atoms with Gasteiger partial charge in [-0.1, -0.05) is 0 Å². The Kier molecular flexibility index (Phi) is 4.81. The molecule has 1 heterocycles. The quantitative estimate of drug-likeness (QED) is 0.917. The van der Waals surface area contributed by atoms with Crippen molar-refractivity contribution in [2.45, 2.75) is 19.9 Å². The van der Waals surface area contributed by atoms with Gasteiger partial charge in [-0.25, -0.2) is 0 Å². The van der Waals surface area contributed by atoms with Gasteiger partial charge in [-0.2, -0.15) is 0 Å². The predicted octanol–water partition coefficient (Wildman–Crippen LogP) is 3.02. The number of nitrogens with one attached hydrogen (secondary N) is 1. The molecule has 1 aromatic heterocycles. The van der Waals surface area contributed by atoms with Crippen molar-refractivity contribution in [3.8, 4) is 11.5 Å². The molecule has 0 aliphatic heterocycles. The normalized spacial score (nSPS) is 12.0. The highest BCUT2D eigenvalue weighted by Crippen LogP contribution is 2.33. The molecule has 0 spiro atoms. The zero-order valence-corrected chi connectivity index (χ0v) is 13.2. The van der Waals surface area contributed by atoms with Gasteiger partial charge in [0, 0.05) is 23.0 Å². The molecule has 0 aliphatic rings. The lowest BCUT2D eigenvalue weighted by Gasteiger charge is -2.21. The standard InChI is InChI=1S/C17H22N2O2/c1-11-8-13(9-12(2)19-11)17(18-3)15-7-6-14(20-4)10-16(15)21-5/h6-10,17-18H,1-5H3. The molecule has 2 aromatic rings. The van der Waals surface area contributed by atoms with E-state index >= 15 is 0 Å². The van der Waals surface area contributed by atoms with E-state index < -0.39 is 0 Å². The molecule has 0 saturated carbocycles. The van der Waals surface area contributed by atoms with E-state index in [1.54, 1.807) is 14.2 Å². The van der Waals surface area contributed by atoms with E-state index in [0.717, 1.165) is 28.5 Å². The lowest BCUT2D eigenvalue weighted by Crippen LogP contribution is -2.19. The van der Waals surface area contributed by atoms with Gasteiger partial charge in [0.2, 0.25) is 0 Å². The second-order valence-corrected chi connectivity index (χ2v) is 5.01. The topological polar surface area (TPSA) is 43.4 Å². The van der Waals surface area contributed by atoms with E-state index in [0.29, 0.717) is 0 Å². The molecule has 21 heavy (non-hydrogen) atoms. The van der Waals surface area contributed by atoms with Crippen molar-refractivity contribution < 1.29 is 9.47 Å². The van der Waals surface area contributed by atoms with Gasteiger partial charge in [-0.3, -0.25) is 4.98 Å². The number of hydrogen-bond acceptors (Lipinski definition) is 4. The van der Waals surface area contributed by atoms with Gasteiger partial charge in [0.15, 0.2) is 0 Å². The second kappa shape index (κ2) is 6.59. The Morgan fingerprint density at radius 3 is 2.19 bits per heavy atom. The third-order valence-electron chi connectivity index (χ3n) is 3.48. The van der Waals surface area contributed by atoms with Crippen LogP contribution in [0.1, 0.15) is 28.6 Å². The number of methoxy groups -OCH3 is 2. The van der Waals surface area contributed by atoms with Crippen LogP contribution in [-0.2, 0) is 0 Å². The minimum Gasteiger partial charge on any atom is -0.497 e. The van der Waals surface area contributed by atoms with Crippen LogP contribution in [0.3, 0.4) is 0 Å². The average molecular weight is 286 g/mol. The molecule has 0 bridgehead atoms. The van der Waals surface area contributed by atoms with E-state index in [2.05, 4.69) is 22.4 Å². The van der Waals surface area contributed by atoms with Gasteiger partial charge < -0.3 is 14.8 Å². The summed E-state index contributed by atoms with van der Waals surface area (Å²) < 4.78 is 10.8. The van der Waals surface area contributed by atoms with E-state index in [-0.39, 0.29) is 6.04 Å². The molecule has 1 aromatic carbocycles. The fourth-order valence-corrected chi connectivity index (χ4v) is 2.59. The first-order valence-electron chi connectivity index (χ1n) is 6.93. The molecular weight excluding hydrogens is 264 g/mol. The minimum absolute atomic E-state index is 0.0475. The SMILES string of the molecule is CNC(c1cc(C)nc(C)c1)c1ccc(OC)cc1OC. The molecule has 0 radical (unpaired) electrons. The van der Waals surface area contributed by atoms with Crippen LogP contribution < -0.4 is 14.8 Å². The molecule has 4 nitrogen and oxygen atoms in total. The highest BCUT2D eigenvalue weighted by Gasteiger charge is 2.18. The van der Waals surface area contributed by atoms with Crippen molar-refractivity contribution in [1.82, 2.24) is 10.3 Å². The zero-order valence-electron chi connectivity index (χ0n) is 13.2. The lowest BCUT2D eigenvalue weighted by atomic mass is 9.97. The summed E-state index contributed by atoms with van der Waals surface area (Å²) in [4.78, 5) is 4.44. The summed E-state index contributed by atoms with van der Waals surface area (Å²) in [6, 6.07) is 10.1. The van der Waals surface area contributed by atoms with Crippen LogP contribution in [0.4, 0.5) is 0 Å². The van der Waals surface area contributed by atoms with Crippen LogP contribution >= 0.6 is 0 Å². The summed E-state index contributed by atoms with van der Waals surface area (Å²) in [5.41, 5.74) is 4.27. The maximum atomic E-state index is 5.52. The minimum atomic E-state index is 0.0475. The van der Waals surface area contributed by atoms with Gasteiger partial charge in [-0.05, 0) is 50.7 Å². The first kappa shape index (κ1) is 15.3. The number of benzene rings is 1. The molecule has 4 heteroatoms. The number of pyridine rings is 1. The Bertz CT molecular complexity index is 606. The van der Waals surface area contributed by atoms with E-state index in [1.165, 1.54) is 5.56 Å². The number of rotatable bonds is 5. The summed E-state index contributed by atoms with van der Waals surface area (Å²) in [5, 5.41) is 3.35. The van der Waals surface area contributed by atoms with Crippen LogP contribution in [0, 0.1) is 13.8 Å². The Labute approximate surface area is 126 Å². The summed E-state index contributed by atoms with van der Waals surface area (Å²) in [7, 11) is 5.27. The molecule has 1 N–H and O–H groups in total. The Morgan fingerprint density at radius 2 is 1.67 bits per heavy atom. The maximum Gasteiger partial charge on any atom is 0.127 e. The van der Waals surface area contributed by atoms with Crippen molar-refractivity contribution in [3.05, 3.63) is 52.8 Å². The molecular formula is C17H22N2O2. The number of aromatic nitrogens is 1. The third-order valence-corrected chi connectivity index (χ3v) is 3.48. The summed E-state index contributed by atoms with van der Waals surface area (Å²) >= 11 is 0.